The fourth-order valence-electron chi connectivity index (χ4n) is 7.72. The molecule has 2 saturated heterocycles. The first-order chi connectivity index (χ1) is 12.2. The van der Waals surface area contributed by atoms with Crippen LogP contribution >= 0.6 is 0 Å². The highest BCUT2D eigenvalue weighted by Crippen LogP contribution is 2.71. The van der Waals surface area contributed by atoms with Gasteiger partial charge in [0, 0.05) is 16.7 Å². The van der Waals surface area contributed by atoms with E-state index in [9.17, 15) is 9.59 Å². The number of carbonyl (C=O) groups excluding carboxylic acids is 2. The lowest BCUT2D eigenvalue weighted by molar-refractivity contribution is -0.186. The molecule has 8 unspecified atom stereocenters. The molecule has 8 atom stereocenters. The first kappa shape index (κ1) is 16.7. The second kappa shape index (κ2) is 4.70. The fourth-order valence-corrected chi connectivity index (χ4v) is 7.72. The quantitative estimate of drug-likeness (QED) is 0.532. The Labute approximate surface area is 155 Å². The predicted molar refractivity (Wildman–Crippen MR) is 96.2 cm³/mol. The molecule has 0 aromatic carbocycles. The first-order valence-electron chi connectivity index (χ1n) is 10.0. The van der Waals surface area contributed by atoms with Crippen LogP contribution in [0.2, 0.25) is 0 Å². The average molecular weight is 356 g/mol. The summed E-state index contributed by atoms with van der Waals surface area (Å²) in [6.45, 7) is 10.7. The third-order valence-corrected chi connectivity index (χ3v) is 8.62. The Balaban J connectivity index is 1.79. The van der Waals surface area contributed by atoms with Crippen molar-refractivity contribution in [3.8, 4) is 0 Å². The molecule has 3 aliphatic carbocycles. The minimum absolute atomic E-state index is 0.122. The molecule has 2 aliphatic heterocycles. The van der Waals surface area contributed by atoms with Gasteiger partial charge in [0.25, 0.3) is 0 Å². The molecule has 4 nitrogen and oxygen atoms in total. The summed E-state index contributed by atoms with van der Waals surface area (Å²) in [5.74, 6) is -0.0641. The van der Waals surface area contributed by atoms with Crippen molar-refractivity contribution in [2.24, 2.45) is 28.1 Å². The van der Waals surface area contributed by atoms with Crippen molar-refractivity contribution in [1.29, 1.82) is 0 Å². The van der Waals surface area contributed by atoms with Crippen LogP contribution in [-0.2, 0) is 19.1 Å². The number of esters is 1. The summed E-state index contributed by atoms with van der Waals surface area (Å²) in [4.78, 5) is 26.1. The van der Waals surface area contributed by atoms with Crippen molar-refractivity contribution in [3.63, 3.8) is 0 Å². The molecule has 26 heavy (non-hydrogen) atoms. The van der Waals surface area contributed by atoms with E-state index >= 15 is 0 Å². The average Bonchev–Trinajstić information content (AvgIpc) is 3.18. The van der Waals surface area contributed by atoms with E-state index in [0.29, 0.717) is 0 Å². The van der Waals surface area contributed by atoms with Crippen molar-refractivity contribution >= 4 is 11.8 Å². The number of ether oxygens (including phenoxy) is 2. The highest BCUT2D eigenvalue weighted by molar-refractivity contribution is 6.00. The second-order valence-electron chi connectivity index (χ2n) is 9.63. The van der Waals surface area contributed by atoms with Crippen LogP contribution in [0.5, 0.6) is 0 Å². The van der Waals surface area contributed by atoms with Crippen LogP contribution in [0.3, 0.4) is 0 Å². The Bertz CT molecular complexity index is 794. The number of fused-ring (bicyclic) bond motifs is 4. The van der Waals surface area contributed by atoms with Crippen LogP contribution in [0.1, 0.15) is 53.9 Å². The number of hydrogen-bond acceptors (Lipinski definition) is 4. The van der Waals surface area contributed by atoms with Gasteiger partial charge in [-0.15, -0.1) is 0 Å². The van der Waals surface area contributed by atoms with Crippen molar-refractivity contribution in [2.75, 3.05) is 0 Å². The van der Waals surface area contributed by atoms with Gasteiger partial charge in [0.1, 0.15) is 12.2 Å². The number of hydrogen-bond donors (Lipinski definition) is 0. The molecule has 2 heterocycles. The molecule has 0 amide bonds. The molecular weight excluding hydrogens is 328 g/mol. The van der Waals surface area contributed by atoms with Crippen molar-refractivity contribution < 1.29 is 19.1 Å². The molecule has 5 rings (SSSR count). The maximum atomic E-state index is 13.3. The number of ketones is 1. The summed E-state index contributed by atoms with van der Waals surface area (Å²) in [5, 5.41) is 0. The van der Waals surface area contributed by atoms with Gasteiger partial charge < -0.3 is 9.47 Å². The van der Waals surface area contributed by atoms with Crippen LogP contribution in [-0.4, -0.2) is 30.1 Å². The molecule has 0 aromatic heterocycles. The number of rotatable bonds is 1. The Morgan fingerprint density at radius 1 is 1.19 bits per heavy atom. The van der Waals surface area contributed by atoms with Crippen LogP contribution in [0.15, 0.2) is 23.3 Å². The zero-order valence-electron chi connectivity index (χ0n) is 16.3. The van der Waals surface area contributed by atoms with Gasteiger partial charge in [-0.05, 0) is 44.3 Å². The van der Waals surface area contributed by atoms with Gasteiger partial charge in [0.2, 0.25) is 0 Å². The topological polar surface area (TPSA) is 52.6 Å². The van der Waals surface area contributed by atoms with Crippen LogP contribution in [0, 0.1) is 28.1 Å². The third kappa shape index (κ3) is 1.51. The monoisotopic (exact) mass is 356 g/mol. The molecule has 0 radical (unpaired) electrons. The molecule has 3 fully saturated rings. The fraction of sp³-hybridized carbons (Fsp3) is 0.727. The summed E-state index contributed by atoms with van der Waals surface area (Å²) < 4.78 is 12.6. The van der Waals surface area contributed by atoms with E-state index in [1.807, 2.05) is 6.92 Å². The summed E-state index contributed by atoms with van der Waals surface area (Å²) in [5.41, 5.74) is 1.22. The van der Waals surface area contributed by atoms with Gasteiger partial charge in [-0.3, -0.25) is 9.59 Å². The van der Waals surface area contributed by atoms with E-state index in [4.69, 9.17) is 9.47 Å². The Kier molecular flexibility index (Phi) is 3.02. The zero-order valence-corrected chi connectivity index (χ0v) is 16.3. The van der Waals surface area contributed by atoms with E-state index < -0.39 is 10.8 Å². The van der Waals surface area contributed by atoms with E-state index in [1.54, 1.807) is 12.2 Å². The largest absolute Gasteiger partial charge is 0.459 e. The highest BCUT2D eigenvalue weighted by Gasteiger charge is 2.77. The molecular formula is C22H28O4. The van der Waals surface area contributed by atoms with Crippen LogP contribution < -0.4 is 0 Å². The van der Waals surface area contributed by atoms with Crippen LogP contribution in [0.4, 0.5) is 0 Å². The van der Waals surface area contributed by atoms with E-state index in [2.05, 4.69) is 27.7 Å². The third-order valence-electron chi connectivity index (χ3n) is 8.62. The van der Waals surface area contributed by atoms with Crippen molar-refractivity contribution in [3.05, 3.63) is 23.3 Å². The minimum atomic E-state index is -0.730. The van der Waals surface area contributed by atoms with Gasteiger partial charge in [-0.2, -0.15) is 0 Å². The lowest BCUT2D eigenvalue weighted by Gasteiger charge is -2.59. The highest BCUT2D eigenvalue weighted by atomic mass is 16.6. The van der Waals surface area contributed by atoms with Gasteiger partial charge in [-0.25, -0.2) is 0 Å². The Morgan fingerprint density at radius 3 is 2.62 bits per heavy atom. The normalized spacial score (nSPS) is 54.3. The number of allylic oxidation sites excluding steroid dienone is 2. The summed E-state index contributed by atoms with van der Waals surface area (Å²) in [6.07, 6.45) is 6.04. The summed E-state index contributed by atoms with van der Waals surface area (Å²) >= 11 is 0. The SMILES string of the molecule is CCC1C2(C)C3=C(C)CCC3OC2C2OC(=O)C3(C)C=CC(=O)C1(C)C23. The molecule has 1 saturated carbocycles. The summed E-state index contributed by atoms with van der Waals surface area (Å²) in [7, 11) is 0. The van der Waals surface area contributed by atoms with Crippen LogP contribution in [0.25, 0.3) is 0 Å². The van der Waals surface area contributed by atoms with E-state index in [0.717, 1.165) is 19.3 Å². The maximum absolute atomic E-state index is 13.3. The smallest absolute Gasteiger partial charge is 0.316 e. The number of carbonyl (C=O) groups is 2. The summed E-state index contributed by atoms with van der Waals surface area (Å²) in [6, 6.07) is 0. The minimum Gasteiger partial charge on any atom is -0.459 e. The zero-order chi connectivity index (χ0) is 18.6. The van der Waals surface area contributed by atoms with Gasteiger partial charge >= 0.3 is 5.97 Å². The molecule has 140 valence electrons. The first-order valence-corrected chi connectivity index (χ1v) is 10.0. The lowest BCUT2D eigenvalue weighted by Crippen LogP contribution is -2.65. The maximum Gasteiger partial charge on any atom is 0.316 e. The van der Waals surface area contributed by atoms with Crippen molar-refractivity contribution in [1.82, 2.24) is 0 Å². The van der Waals surface area contributed by atoms with Crippen molar-refractivity contribution in [2.45, 2.75) is 72.2 Å². The second-order valence-corrected chi connectivity index (χ2v) is 9.63. The molecule has 4 heteroatoms. The van der Waals surface area contributed by atoms with Gasteiger partial charge in [0.05, 0.1) is 11.5 Å². The Hall–Kier alpha value is -1.42. The predicted octanol–water partition coefficient (Wildman–Crippen LogP) is 3.60. The standard InChI is InChI=1S/C22H28O4/c1-6-13-21(4)14(23)9-10-20(3)17(21)16(26-19(20)24)18-22(13,5)15-11(2)7-8-12(15)25-18/h9-10,12-13,16-18H,6-8H2,1-5H3. The Morgan fingerprint density at radius 2 is 1.92 bits per heavy atom. The van der Waals surface area contributed by atoms with E-state index in [1.165, 1.54) is 11.1 Å². The molecule has 0 N–H and O–H groups in total. The lowest BCUT2D eigenvalue weighted by atomic mass is 9.42. The van der Waals surface area contributed by atoms with E-state index in [-0.39, 0.29) is 47.3 Å². The molecule has 5 aliphatic rings. The van der Waals surface area contributed by atoms with Gasteiger partial charge in [0.15, 0.2) is 5.78 Å². The molecule has 0 aromatic rings. The molecule has 0 bridgehead atoms. The van der Waals surface area contributed by atoms with Gasteiger partial charge in [-0.1, -0.05) is 38.8 Å². The molecule has 0 spiro atoms.